The third-order valence-corrected chi connectivity index (χ3v) is 5.28. The standard InChI is InChI=1S/C24H25FN2O2.ClH/c1-26-15-21(28)24(18-10-7-11-19(25)14-18)27-16-23(17-8-3-2-4-9-17)29-22-13-6-5-12-20(22)27;/h2-14,21,23-24,26,28H,15-16H2,1H3;1H/t21-,23-,24+;/m1./s1. The Kier molecular flexibility index (Phi) is 7.32. The number of ether oxygens (including phenoxy) is 1. The van der Waals surface area contributed by atoms with Gasteiger partial charge in [0.25, 0.3) is 0 Å². The quantitative estimate of drug-likeness (QED) is 0.606. The molecular formula is C24H26ClFN2O2. The van der Waals surface area contributed by atoms with Crippen LogP contribution in [0, 0.1) is 5.82 Å². The molecule has 0 aromatic heterocycles. The number of hydrogen-bond donors (Lipinski definition) is 2. The summed E-state index contributed by atoms with van der Waals surface area (Å²) in [6.07, 6.45) is -0.923. The van der Waals surface area contributed by atoms with Gasteiger partial charge in [-0.1, -0.05) is 54.6 Å². The van der Waals surface area contributed by atoms with Gasteiger partial charge in [0, 0.05) is 6.54 Å². The van der Waals surface area contributed by atoms with Gasteiger partial charge in [0.15, 0.2) is 0 Å². The zero-order valence-electron chi connectivity index (χ0n) is 16.7. The van der Waals surface area contributed by atoms with Crippen molar-refractivity contribution in [3.05, 3.63) is 95.8 Å². The first-order chi connectivity index (χ1) is 14.2. The maximum atomic E-state index is 14.0. The molecule has 0 spiro atoms. The summed E-state index contributed by atoms with van der Waals surface area (Å²) in [6, 6.07) is 23.9. The van der Waals surface area contributed by atoms with Crippen LogP contribution in [0.4, 0.5) is 10.1 Å². The molecule has 30 heavy (non-hydrogen) atoms. The smallest absolute Gasteiger partial charge is 0.143 e. The molecule has 0 aliphatic carbocycles. The third kappa shape index (κ3) is 4.59. The summed E-state index contributed by atoms with van der Waals surface area (Å²) >= 11 is 0. The number of likely N-dealkylation sites (N-methyl/N-ethyl adjacent to an activating group) is 1. The number of nitrogens with one attached hydrogen (secondary N) is 1. The van der Waals surface area contributed by atoms with Gasteiger partial charge in [-0.2, -0.15) is 0 Å². The van der Waals surface area contributed by atoms with E-state index in [9.17, 15) is 9.50 Å². The largest absolute Gasteiger partial charge is 0.482 e. The van der Waals surface area contributed by atoms with Crippen LogP contribution in [0.2, 0.25) is 0 Å². The van der Waals surface area contributed by atoms with Crippen molar-refractivity contribution in [3.63, 3.8) is 0 Å². The fraction of sp³-hybridized carbons (Fsp3) is 0.250. The number of anilines is 1. The van der Waals surface area contributed by atoms with Gasteiger partial charge in [0.2, 0.25) is 0 Å². The Balaban J connectivity index is 0.00000256. The minimum atomic E-state index is -0.732. The molecular weight excluding hydrogens is 403 g/mol. The van der Waals surface area contributed by atoms with E-state index in [2.05, 4.69) is 10.2 Å². The molecule has 6 heteroatoms. The van der Waals surface area contributed by atoms with Crippen LogP contribution in [-0.2, 0) is 0 Å². The number of hydrogen-bond acceptors (Lipinski definition) is 4. The van der Waals surface area contributed by atoms with Gasteiger partial charge in [-0.25, -0.2) is 4.39 Å². The van der Waals surface area contributed by atoms with E-state index in [1.54, 1.807) is 13.1 Å². The molecule has 0 saturated heterocycles. The first-order valence-corrected chi connectivity index (χ1v) is 9.83. The molecule has 4 nitrogen and oxygen atoms in total. The van der Waals surface area contributed by atoms with Gasteiger partial charge in [-0.15, -0.1) is 12.4 Å². The lowest BCUT2D eigenvalue weighted by atomic mass is 9.96. The van der Waals surface area contributed by atoms with Gasteiger partial charge >= 0.3 is 0 Å². The Morgan fingerprint density at radius 3 is 2.53 bits per heavy atom. The van der Waals surface area contributed by atoms with E-state index >= 15 is 0 Å². The molecule has 2 N–H and O–H groups in total. The number of para-hydroxylation sites is 2. The van der Waals surface area contributed by atoms with Crippen LogP contribution in [-0.4, -0.2) is 31.3 Å². The highest BCUT2D eigenvalue weighted by Crippen LogP contribution is 2.43. The van der Waals surface area contributed by atoms with Gasteiger partial charge in [0.1, 0.15) is 17.7 Å². The number of nitrogens with zero attached hydrogens (tertiary/aromatic N) is 1. The molecule has 3 atom stereocenters. The molecule has 0 amide bonds. The van der Waals surface area contributed by atoms with Crippen LogP contribution in [0.25, 0.3) is 0 Å². The number of rotatable bonds is 6. The van der Waals surface area contributed by atoms with Crippen molar-refractivity contribution in [3.8, 4) is 5.75 Å². The molecule has 0 fully saturated rings. The highest BCUT2D eigenvalue weighted by Gasteiger charge is 2.35. The minimum absolute atomic E-state index is 0. The summed E-state index contributed by atoms with van der Waals surface area (Å²) < 4.78 is 20.3. The molecule has 3 aromatic carbocycles. The van der Waals surface area contributed by atoms with Crippen molar-refractivity contribution >= 4 is 18.1 Å². The van der Waals surface area contributed by atoms with Gasteiger partial charge < -0.3 is 20.1 Å². The van der Waals surface area contributed by atoms with Crippen LogP contribution in [0.1, 0.15) is 23.3 Å². The van der Waals surface area contributed by atoms with Crippen molar-refractivity contribution in [1.29, 1.82) is 0 Å². The van der Waals surface area contributed by atoms with Crippen LogP contribution < -0.4 is 15.0 Å². The zero-order chi connectivity index (χ0) is 20.2. The topological polar surface area (TPSA) is 44.7 Å². The van der Waals surface area contributed by atoms with Gasteiger partial charge in [-0.05, 0) is 42.4 Å². The Hall–Kier alpha value is -2.60. The predicted octanol–water partition coefficient (Wildman–Crippen LogP) is 4.51. The molecule has 0 radical (unpaired) electrons. The molecule has 4 rings (SSSR count). The first-order valence-electron chi connectivity index (χ1n) is 9.83. The second-order valence-electron chi connectivity index (χ2n) is 7.26. The normalized spacial score (nSPS) is 17.3. The van der Waals surface area contributed by atoms with E-state index in [1.807, 2.05) is 60.7 Å². The van der Waals surface area contributed by atoms with E-state index in [0.717, 1.165) is 22.6 Å². The zero-order valence-corrected chi connectivity index (χ0v) is 17.6. The monoisotopic (exact) mass is 428 g/mol. The van der Waals surface area contributed by atoms with Crippen molar-refractivity contribution in [2.75, 3.05) is 25.0 Å². The fourth-order valence-electron chi connectivity index (χ4n) is 3.99. The van der Waals surface area contributed by atoms with Gasteiger partial charge in [-0.3, -0.25) is 0 Å². The van der Waals surface area contributed by atoms with Crippen LogP contribution >= 0.6 is 12.4 Å². The van der Waals surface area contributed by atoms with E-state index < -0.39 is 12.1 Å². The van der Waals surface area contributed by atoms with Crippen LogP contribution in [0.15, 0.2) is 78.9 Å². The van der Waals surface area contributed by atoms with E-state index in [-0.39, 0.29) is 24.3 Å². The number of aliphatic hydroxyl groups excluding tert-OH is 1. The Bertz CT molecular complexity index is 957. The van der Waals surface area contributed by atoms with Crippen LogP contribution in [0.3, 0.4) is 0 Å². The molecule has 158 valence electrons. The second kappa shape index (κ2) is 9.94. The third-order valence-electron chi connectivity index (χ3n) is 5.28. The average molecular weight is 429 g/mol. The van der Waals surface area contributed by atoms with Crippen LogP contribution in [0.5, 0.6) is 5.75 Å². The Morgan fingerprint density at radius 2 is 1.80 bits per heavy atom. The summed E-state index contributed by atoms with van der Waals surface area (Å²) in [5.41, 5.74) is 2.69. The fourth-order valence-corrected chi connectivity index (χ4v) is 3.99. The molecule has 0 saturated carbocycles. The maximum absolute atomic E-state index is 14.0. The highest BCUT2D eigenvalue weighted by atomic mass is 35.5. The second-order valence-corrected chi connectivity index (χ2v) is 7.26. The number of benzene rings is 3. The Morgan fingerprint density at radius 1 is 1.07 bits per heavy atom. The minimum Gasteiger partial charge on any atom is -0.482 e. The lowest BCUT2D eigenvalue weighted by Crippen LogP contribution is -2.45. The summed E-state index contributed by atoms with van der Waals surface area (Å²) in [5.74, 6) is 0.441. The Labute approximate surface area is 182 Å². The van der Waals surface area contributed by atoms with E-state index in [4.69, 9.17) is 4.74 Å². The van der Waals surface area contributed by atoms with E-state index in [0.29, 0.717) is 13.1 Å². The van der Waals surface area contributed by atoms with Crippen molar-refractivity contribution in [2.45, 2.75) is 18.2 Å². The predicted molar refractivity (Wildman–Crippen MR) is 120 cm³/mol. The number of halogens is 2. The summed E-state index contributed by atoms with van der Waals surface area (Å²) in [5, 5.41) is 14.1. The lowest BCUT2D eigenvalue weighted by Gasteiger charge is -2.43. The van der Waals surface area contributed by atoms with Crippen molar-refractivity contribution in [1.82, 2.24) is 5.32 Å². The van der Waals surface area contributed by atoms with Crippen molar-refractivity contribution in [2.24, 2.45) is 0 Å². The molecule has 0 unspecified atom stereocenters. The molecule has 3 aromatic rings. The lowest BCUT2D eigenvalue weighted by molar-refractivity contribution is 0.124. The van der Waals surface area contributed by atoms with E-state index in [1.165, 1.54) is 12.1 Å². The number of aliphatic hydroxyl groups is 1. The first kappa shape index (κ1) is 22.1. The highest BCUT2D eigenvalue weighted by molar-refractivity contribution is 5.85. The summed E-state index contributed by atoms with van der Waals surface area (Å²) in [7, 11) is 1.80. The maximum Gasteiger partial charge on any atom is 0.143 e. The molecule has 1 aliphatic heterocycles. The molecule has 1 heterocycles. The molecule has 0 bridgehead atoms. The number of fused-ring (bicyclic) bond motifs is 1. The summed E-state index contributed by atoms with van der Waals surface area (Å²) in [6.45, 7) is 0.930. The van der Waals surface area contributed by atoms with Gasteiger partial charge in [0.05, 0.1) is 24.4 Å². The molecule has 1 aliphatic rings. The summed E-state index contributed by atoms with van der Waals surface area (Å²) in [4.78, 5) is 2.13. The average Bonchev–Trinajstić information content (AvgIpc) is 2.75. The SMILES string of the molecule is CNC[C@@H](O)[C@H](c1cccc(F)c1)N1C[C@H](c2ccccc2)Oc2ccccc21.Cl. The van der Waals surface area contributed by atoms with Crippen molar-refractivity contribution < 1.29 is 14.2 Å².